The molecule has 10 nitrogen and oxygen atoms in total. The fourth-order valence-electron chi connectivity index (χ4n) is 3.56. The molecule has 36 heavy (non-hydrogen) atoms. The third kappa shape index (κ3) is 6.28. The molecule has 1 fully saturated rings. The smallest absolute Gasteiger partial charge is 0.326 e. The van der Waals surface area contributed by atoms with Gasteiger partial charge in [0, 0.05) is 12.1 Å². The number of morpholine rings is 1. The Bertz CT molecular complexity index is 1170. The Morgan fingerprint density at radius 1 is 1.06 bits per heavy atom. The van der Waals surface area contributed by atoms with Crippen LogP contribution in [0.25, 0.3) is 11.3 Å². The number of ether oxygens (including phenoxy) is 4. The fourth-order valence-corrected chi connectivity index (χ4v) is 3.56. The third-order valence-corrected chi connectivity index (χ3v) is 5.27. The quantitative estimate of drug-likeness (QED) is 0.372. The Hall–Kier alpha value is -4.18. The van der Waals surface area contributed by atoms with Crippen LogP contribution in [0.2, 0.25) is 0 Å². The van der Waals surface area contributed by atoms with Crippen molar-refractivity contribution >= 4 is 5.91 Å². The molecule has 0 N–H and O–H groups in total. The molecule has 1 aliphatic rings. The molecule has 188 valence electrons. The molecule has 10 heteroatoms. The summed E-state index contributed by atoms with van der Waals surface area (Å²) in [6, 6.07) is 11.6. The molecular weight excluding hydrogens is 464 g/mol. The molecule has 0 radical (unpaired) electrons. The van der Waals surface area contributed by atoms with Crippen LogP contribution < -0.4 is 14.2 Å². The zero-order valence-electron chi connectivity index (χ0n) is 20.1. The van der Waals surface area contributed by atoms with Crippen molar-refractivity contribution < 1.29 is 28.2 Å². The zero-order valence-corrected chi connectivity index (χ0v) is 20.1. The molecule has 1 aliphatic heterocycles. The number of benzene rings is 1. The van der Waals surface area contributed by atoms with Gasteiger partial charge in [-0.05, 0) is 13.0 Å². The van der Waals surface area contributed by atoms with Crippen molar-refractivity contribution in [2.75, 3.05) is 39.5 Å². The lowest BCUT2D eigenvalue weighted by molar-refractivity contribution is -0.0416. The normalized spacial score (nSPS) is 15.2. The number of furan rings is 1. The fraction of sp³-hybridized carbons (Fsp3) is 0.308. The predicted molar refractivity (Wildman–Crippen MR) is 131 cm³/mol. The molecule has 1 aromatic carbocycles. The molecule has 0 spiro atoms. The number of aryl methyl sites for hydroxylation is 1. The summed E-state index contributed by atoms with van der Waals surface area (Å²) in [5.41, 5.74) is 1.44. The Morgan fingerprint density at radius 3 is 2.33 bits per heavy atom. The van der Waals surface area contributed by atoms with Crippen LogP contribution in [0.4, 0.5) is 0 Å². The van der Waals surface area contributed by atoms with E-state index in [1.54, 1.807) is 30.0 Å². The number of hydrogen-bond donors (Lipinski definition) is 0. The minimum absolute atomic E-state index is 0.0216. The summed E-state index contributed by atoms with van der Waals surface area (Å²) in [7, 11) is 0. The average molecular weight is 493 g/mol. The van der Waals surface area contributed by atoms with E-state index in [1.165, 1.54) is 0 Å². The average Bonchev–Trinajstić information content (AvgIpc) is 3.31. The van der Waals surface area contributed by atoms with Crippen LogP contribution >= 0.6 is 0 Å². The van der Waals surface area contributed by atoms with E-state index in [-0.39, 0.29) is 49.9 Å². The molecule has 0 bridgehead atoms. The highest BCUT2D eigenvalue weighted by molar-refractivity contribution is 5.96. The van der Waals surface area contributed by atoms with Crippen LogP contribution in [0.15, 0.2) is 66.1 Å². The largest absolute Gasteiger partial charge is 0.461 e. The standard InChI is InChI=1S/C26H28N4O6/c1-4-12-33-24-27-25(34-13-5-2)29-26(28-24)35-17-20-16-30(11-14-32-20)23(31)21-15-22(36-18(21)3)19-9-7-6-8-10-19/h4-10,15,20H,1-2,11-14,16-17H2,3H3. The molecule has 2 aromatic heterocycles. The number of hydrogen-bond acceptors (Lipinski definition) is 9. The third-order valence-electron chi connectivity index (χ3n) is 5.27. The summed E-state index contributed by atoms with van der Waals surface area (Å²) in [4.78, 5) is 27.3. The minimum Gasteiger partial charge on any atom is -0.461 e. The predicted octanol–water partition coefficient (Wildman–Crippen LogP) is 3.49. The van der Waals surface area contributed by atoms with Gasteiger partial charge in [-0.2, -0.15) is 0 Å². The van der Waals surface area contributed by atoms with Crippen molar-refractivity contribution in [1.29, 1.82) is 0 Å². The van der Waals surface area contributed by atoms with Crippen molar-refractivity contribution in [2.45, 2.75) is 13.0 Å². The van der Waals surface area contributed by atoms with Crippen molar-refractivity contribution in [3.63, 3.8) is 0 Å². The first kappa shape index (κ1) is 24.9. The van der Waals surface area contributed by atoms with E-state index in [0.29, 0.717) is 36.8 Å². The Morgan fingerprint density at radius 2 is 1.69 bits per heavy atom. The maximum atomic E-state index is 13.3. The second-order valence-corrected chi connectivity index (χ2v) is 7.88. The highest BCUT2D eigenvalue weighted by atomic mass is 16.6. The molecular formula is C26H28N4O6. The van der Waals surface area contributed by atoms with Crippen molar-refractivity contribution in [1.82, 2.24) is 19.9 Å². The molecule has 3 aromatic rings. The van der Waals surface area contributed by atoms with Crippen molar-refractivity contribution in [2.24, 2.45) is 0 Å². The summed E-state index contributed by atoms with van der Waals surface area (Å²) in [5.74, 6) is 1.11. The maximum absolute atomic E-state index is 13.3. The van der Waals surface area contributed by atoms with Gasteiger partial charge in [-0.15, -0.1) is 15.0 Å². The molecule has 1 unspecified atom stereocenters. The molecule has 1 amide bonds. The van der Waals surface area contributed by atoms with Crippen LogP contribution in [-0.2, 0) is 4.74 Å². The Kier molecular flexibility index (Phi) is 8.30. The number of rotatable bonds is 11. The minimum atomic E-state index is -0.379. The second-order valence-electron chi connectivity index (χ2n) is 7.88. The molecule has 0 saturated carbocycles. The summed E-state index contributed by atoms with van der Waals surface area (Å²) in [6.45, 7) is 10.7. The first-order valence-corrected chi connectivity index (χ1v) is 11.5. The van der Waals surface area contributed by atoms with Gasteiger partial charge in [0.05, 0.1) is 18.7 Å². The SMILES string of the molecule is C=CCOc1nc(OCC=C)nc(OCC2CN(C(=O)c3cc(-c4ccccc4)oc3C)CCO2)n1. The number of amides is 1. The van der Waals surface area contributed by atoms with Gasteiger partial charge in [0.2, 0.25) is 0 Å². The van der Waals surface area contributed by atoms with Gasteiger partial charge >= 0.3 is 18.0 Å². The van der Waals surface area contributed by atoms with Crippen molar-refractivity contribution in [3.05, 3.63) is 73.0 Å². The number of nitrogens with zero attached hydrogens (tertiary/aromatic N) is 4. The molecule has 1 atom stereocenters. The topological polar surface area (TPSA) is 109 Å². The van der Waals surface area contributed by atoms with Gasteiger partial charge < -0.3 is 28.3 Å². The van der Waals surface area contributed by atoms with Crippen LogP contribution in [0.1, 0.15) is 16.1 Å². The van der Waals surface area contributed by atoms with E-state index in [4.69, 9.17) is 23.4 Å². The van der Waals surface area contributed by atoms with Gasteiger partial charge in [-0.1, -0.05) is 55.6 Å². The van der Waals surface area contributed by atoms with Crippen molar-refractivity contribution in [3.8, 4) is 29.4 Å². The number of carbonyl (C=O) groups excluding carboxylic acids is 1. The van der Waals surface area contributed by atoms with Crippen LogP contribution in [0, 0.1) is 6.92 Å². The van der Waals surface area contributed by atoms with Crippen LogP contribution in [0.3, 0.4) is 0 Å². The Labute approximate surface area is 209 Å². The maximum Gasteiger partial charge on any atom is 0.326 e. The summed E-state index contributed by atoms with van der Waals surface area (Å²) >= 11 is 0. The van der Waals surface area contributed by atoms with E-state index in [9.17, 15) is 4.79 Å². The van der Waals surface area contributed by atoms with Gasteiger partial charge in [0.25, 0.3) is 5.91 Å². The van der Waals surface area contributed by atoms with Crippen LogP contribution in [-0.4, -0.2) is 71.4 Å². The van der Waals surface area contributed by atoms with Gasteiger partial charge in [0.15, 0.2) is 0 Å². The lowest BCUT2D eigenvalue weighted by Crippen LogP contribution is -2.47. The monoisotopic (exact) mass is 492 g/mol. The number of carbonyl (C=O) groups is 1. The molecule has 1 saturated heterocycles. The first-order valence-electron chi connectivity index (χ1n) is 11.5. The molecule has 3 heterocycles. The second kappa shape index (κ2) is 12.0. The summed E-state index contributed by atoms with van der Waals surface area (Å²) in [6.07, 6.45) is 2.76. The van der Waals surface area contributed by atoms with E-state index in [0.717, 1.165) is 5.56 Å². The summed E-state index contributed by atoms with van der Waals surface area (Å²) in [5, 5.41) is 0. The van der Waals surface area contributed by atoms with E-state index in [2.05, 4.69) is 28.1 Å². The lowest BCUT2D eigenvalue weighted by Gasteiger charge is -2.32. The molecule has 0 aliphatic carbocycles. The Balaban J connectivity index is 1.40. The highest BCUT2D eigenvalue weighted by Gasteiger charge is 2.28. The number of aromatic nitrogens is 3. The first-order chi connectivity index (χ1) is 17.6. The van der Waals surface area contributed by atoms with Gasteiger partial charge in [0.1, 0.15) is 37.4 Å². The van der Waals surface area contributed by atoms with E-state index in [1.807, 2.05) is 30.3 Å². The van der Waals surface area contributed by atoms with Gasteiger partial charge in [-0.25, -0.2) is 0 Å². The van der Waals surface area contributed by atoms with Gasteiger partial charge in [-0.3, -0.25) is 4.79 Å². The van der Waals surface area contributed by atoms with Crippen LogP contribution in [0.5, 0.6) is 18.0 Å². The molecule has 4 rings (SSSR count). The summed E-state index contributed by atoms with van der Waals surface area (Å²) < 4.78 is 28.2. The van der Waals surface area contributed by atoms with E-state index >= 15 is 0 Å². The highest BCUT2D eigenvalue weighted by Crippen LogP contribution is 2.26. The lowest BCUT2D eigenvalue weighted by atomic mass is 10.1. The van der Waals surface area contributed by atoms with E-state index < -0.39 is 0 Å². The zero-order chi connectivity index (χ0) is 25.3.